The van der Waals surface area contributed by atoms with Gasteiger partial charge in [-0.1, -0.05) is 29.5 Å². The van der Waals surface area contributed by atoms with Crippen LogP contribution in [0.25, 0.3) is 10.2 Å². The van der Waals surface area contributed by atoms with E-state index in [0.717, 1.165) is 15.8 Å². The van der Waals surface area contributed by atoms with Crippen molar-refractivity contribution >= 4 is 36.7 Å². The number of aryl methyl sites for hydroxylation is 2. The van der Waals surface area contributed by atoms with Crippen LogP contribution in [0.4, 0.5) is 5.13 Å². The number of methoxy groups -OCH3 is 1. The third kappa shape index (κ3) is 3.02. The molecule has 0 radical (unpaired) electrons. The number of hydrogen-bond acceptors (Lipinski definition) is 5. The first-order chi connectivity index (χ1) is 10.9. The molecule has 0 aliphatic rings. The average Bonchev–Trinajstić information content (AvgIpc) is 2.88. The van der Waals surface area contributed by atoms with Crippen molar-refractivity contribution in [3.8, 4) is 5.75 Å². The Balaban J connectivity index is 2.01. The van der Waals surface area contributed by atoms with E-state index >= 15 is 0 Å². The number of fused-ring (bicyclic) bond motifs is 1. The van der Waals surface area contributed by atoms with Crippen molar-refractivity contribution in [3.05, 3.63) is 47.5 Å². The number of nitrogens with one attached hydrogen (secondary N) is 1. The van der Waals surface area contributed by atoms with E-state index in [4.69, 9.17) is 4.74 Å². The molecule has 5 nitrogen and oxygen atoms in total. The standard InChI is InChI=1S/C16H16N2O3S2/c1-10-8-11(2)15(9-13(10)21-3)23(19,20)18-16-17-12-6-4-5-7-14(12)22-16/h4-9H,1-3H3,(H,17,18). The van der Waals surface area contributed by atoms with E-state index in [0.29, 0.717) is 16.4 Å². The number of benzene rings is 2. The Hall–Kier alpha value is -2.12. The van der Waals surface area contributed by atoms with Gasteiger partial charge in [-0.2, -0.15) is 0 Å². The predicted molar refractivity (Wildman–Crippen MR) is 92.9 cm³/mol. The van der Waals surface area contributed by atoms with Gasteiger partial charge in [-0.05, 0) is 37.1 Å². The first-order valence-electron chi connectivity index (χ1n) is 6.94. The van der Waals surface area contributed by atoms with Gasteiger partial charge in [0.15, 0.2) is 5.13 Å². The Bertz CT molecular complexity index is 945. The molecule has 7 heteroatoms. The van der Waals surface area contributed by atoms with E-state index < -0.39 is 10.0 Å². The highest BCUT2D eigenvalue weighted by molar-refractivity contribution is 7.93. The minimum Gasteiger partial charge on any atom is -0.496 e. The SMILES string of the molecule is COc1cc(S(=O)(=O)Nc2nc3ccccc3s2)c(C)cc1C. The normalized spacial score (nSPS) is 11.6. The van der Waals surface area contributed by atoms with Crippen molar-refractivity contribution in [3.63, 3.8) is 0 Å². The van der Waals surface area contributed by atoms with Gasteiger partial charge >= 0.3 is 0 Å². The minimum absolute atomic E-state index is 0.194. The number of ether oxygens (including phenoxy) is 1. The fourth-order valence-electron chi connectivity index (χ4n) is 2.41. The summed E-state index contributed by atoms with van der Waals surface area (Å²) in [6.07, 6.45) is 0. The lowest BCUT2D eigenvalue weighted by Gasteiger charge is -2.12. The van der Waals surface area contributed by atoms with E-state index in [2.05, 4.69) is 9.71 Å². The van der Waals surface area contributed by atoms with Gasteiger partial charge in [-0.15, -0.1) is 0 Å². The van der Waals surface area contributed by atoms with E-state index in [-0.39, 0.29) is 4.90 Å². The van der Waals surface area contributed by atoms with Gasteiger partial charge in [0.1, 0.15) is 5.75 Å². The van der Waals surface area contributed by atoms with Crippen molar-refractivity contribution < 1.29 is 13.2 Å². The highest BCUT2D eigenvalue weighted by atomic mass is 32.2. The van der Waals surface area contributed by atoms with Crippen molar-refractivity contribution in [2.75, 3.05) is 11.8 Å². The zero-order chi connectivity index (χ0) is 16.6. The molecule has 1 heterocycles. The van der Waals surface area contributed by atoms with Crippen LogP contribution in [0, 0.1) is 13.8 Å². The van der Waals surface area contributed by atoms with Crippen LogP contribution in [-0.2, 0) is 10.0 Å². The summed E-state index contributed by atoms with van der Waals surface area (Å²) in [6, 6.07) is 10.9. The lowest BCUT2D eigenvalue weighted by Crippen LogP contribution is -2.14. The van der Waals surface area contributed by atoms with Crippen molar-refractivity contribution in [2.24, 2.45) is 0 Å². The van der Waals surface area contributed by atoms with Gasteiger partial charge < -0.3 is 4.74 Å². The van der Waals surface area contributed by atoms with Crippen LogP contribution in [-0.4, -0.2) is 20.5 Å². The molecule has 0 bridgehead atoms. The largest absolute Gasteiger partial charge is 0.496 e. The van der Waals surface area contributed by atoms with Gasteiger partial charge in [-0.3, -0.25) is 4.72 Å². The monoisotopic (exact) mass is 348 g/mol. The molecule has 1 aromatic heterocycles. The maximum absolute atomic E-state index is 12.7. The maximum Gasteiger partial charge on any atom is 0.264 e. The van der Waals surface area contributed by atoms with Crippen LogP contribution in [0.2, 0.25) is 0 Å². The molecule has 0 saturated heterocycles. The first kappa shape index (κ1) is 15.8. The zero-order valence-electron chi connectivity index (χ0n) is 13.0. The van der Waals surface area contributed by atoms with Crippen LogP contribution in [0.15, 0.2) is 41.3 Å². The number of thiazole rings is 1. The summed E-state index contributed by atoms with van der Waals surface area (Å²) >= 11 is 1.31. The van der Waals surface area contributed by atoms with Crippen LogP contribution in [0.3, 0.4) is 0 Å². The van der Waals surface area contributed by atoms with Crippen molar-refractivity contribution in [1.29, 1.82) is 0 Å². The lowest BCUT2D eigenvalue weighted by molar-refractivity contribution is 0.410. The van der Waals surface area contributed by atoms with Crippen LogP contribution in [0.1, 0.15) is 11.1 Å². The molecule has 120 valence electrons. The Morgan fingerprint density at radius 1 is 1.13 bits per heavy atom. The predicted octanol–water partition coefficient (Wildman–Crippen LogP) is 3.72. The highest BCUT2D eigenvalue weighted by Gasteiger charge is 2.20. The molecule has 0 saturated carbocycles. The molecule has 0 fully saturated rings. The van der Waals surface area contributed by atoms with E-state index in [1.807, 2.05) is 31.2 Å². The van der Waals surface area contributed by atoms with Crippen LogP contribution in [0.5, 0.6) is 5.75 Å². The lowest BCUT2D eigenvalue weighted by atomic mass is 10.1. The molecule has 0 aliphatic heterocycles. The number of para-hydroxylation sites is 1. The summed E-state index contributed by atoms with van der Waals surface area (Å²) in [5.74, 6) is 0.542. The van der Waals surface area contributed by atoms with Gasteiger partial charge in [0.2, 0.25) is 0 Å². The smallest absolute Gasteiger partial charge is 0.264 e. The molecular weight excluding hydrogens is 332 g/mol. The summed E-state index contributed by atoms with van der Waals surface area (Å²) in [7, 11) is -2.20. The fourth-order valence-corrected chi connectivity index (χ4v) is 4.75. The van der Waals surface area contributed by atoms with E-state index in [1.54, 1.807) is 19.1 Å². The average molecular weight is 348 g/mol. The third-order valence-electron chi connectivity index (χ3n) is 3.50. The number of nitrogens with zero attached hydrogens (tertiary/aromatic N) is 1. The fraction of sp³-hybridized carbons (Fsp3) is 0.188. The van der Waals surface area contributed by atoms with Crippen molar-refractivity contribution in [2.45, 2.75) is 18.7 Å². The van der Waals surface area contributed by atoms with Gasteiger partial charge in [0.05, 0.1) is 22.2 Å². The molecule has 0 amide bonds. The van der Waals surface area contributed by atoms with Gasteiger partial charge in [-0.25, -0.2) is 13.4 Å². The molecule has 3 aromatic rings. The Kier molecular flexibility index (Phi) is 3.99. The molecule has 2 aromatic carbocycles. The third-order valence-corrected chi connectivity index (χ3v) is 6.06. The molecule has 23 heavy (non-hydrogen) atoms. The number of aromatic nitrogens is 1. The summed E-state index contributed by atoms with van der Waals surface area (Å²) in [6.45, 7) is 3.64. The van der Waals surface area contributed by atoms with Crippen LogP contribution < -0.4 is 9.46 Å². The molecule has 0 spiro atoms. The molecule has 0 aliphatic carbocycles. The number of anilines is 1. The summed E-state index contributed by atoms with van der Waals surface area (Å²) < 4.78 is 34.1. The molecular formula is C16H16N2O3S2. The summed E-state index contributed by atoms with van der Waals surface area (Å²) in [4.78, 5) is 4.50. The van der Waals surface area contributed by atoms with E-state index in [9.17, 15) is 8.42 Å². The topological polar surface area (TPSA) is 68.3 Å². The Morgan fingerprint density at radius 2 is 1.87 bits per heavy atom. The summed E-state index contributed by atoms with van der Waals surface area (Å²) in [5.41, 5.74) is 2.33. The van der Waals surface area contributed by atoms with E-state index in [1.165, 1.54) is 18.4 Å². The summed E-state index contributed by atoms with van der Waals surface area (Å²) in [5, 5.41) is 0.352. The highest BCUT2D eigenvalue weighted by Crippen LogP contribution is 2.30. The maximum atomic E-state index is 12.7. The Labute approximate surface area is 139 Å². The molecule has 0 atom stereocenters. The number of rotatable bonds is 4. The van der Waals surface area contributed by atoms with Crippen molar-refractivity contribution in [1.82, 2.24) is 4.98 Å². The first-order valence-corrected chi connectivity index (χ1v) is 9.24. The molecule has 3 rings (SSSR count). The second-order valence-corrected chi connectivity index (χ2v) is 7.86. The zero-order valence-corrected chi connectivity index (χ0v) is 14.6. The number of sulfonamides is 1. The quantitative estimate of drug-likeness (QED) is 0.780. The molecule has 0 unspecified atom stereocenters. The second kappa shape index (κ2) is 5.82. The molecule has 1 N–H and O–H groups in total. The van der Waals surface area contributed by atoms with Gasteiger partial charge in [0, 0.05) is 6.07 Å². The Morgan fingerprint density at radius 3 is 2.57 bits per heavy atom. The second-order valence-electron chi connectivity index (χ2n) is 5.18. The minimum atomic E-state index is -3.72. The van der Waals surface area contributed by atoms with Gasteiger partial charge in [0.25, 0.3) is 10.0 Å². The number of hydrogen-bond donors (Lipinski definition) is 1. The van der Waals surface area contributed by atoms with Crippen LogP contribution >= 0.6 is 11.3 Å².